The molecule has 0 saturated heterocycles. The fourth-order valence-electron chi connectivity index (χ4n) is 3.17. The predicted molar refractivity (Wildman–Crippen MR) is 98.8 cm³/mol. The zero-order chi connectivity index (χ0) is 18.4. The van der Waals surface area contributed by atoms with Crippen LogP contribution in [0.5, 0.6) is 5.75 Å². The smallest absolute Gasteiger partial charge is 0.271 e. The summed E-state index contributed by atoms with van der Waals surface area (Å²) in [6.07, 6.45) is 1.77. The van der Waals surface area contributed by atoms with Crippen LogP contribution in [0.15, 0.2) is 30.5 Å². The van der Waals surface area contributed by atoms with Gasteiger partial charge >= 0.3 is 0 Å². The molecule has 0 aliphatic heterocycles. The number of aromatic amines is 1. The molecule has 5 N–H and O–H groups in total. The molecule has 26 heavy (non-hydrogen) atoms. The lowest BCUT2D eigenvalue weighted by Gasteiger charge is -2.14. The van der Waals surface area contributed by atoms with Gasteiger partial charge < -0.3 is 16.2 Å². The first-order valence-corrected chi connectivity index (χ1v) is 7.88. The number of hydrogen-bond acceptors (Lipinski definition) is 6. The van der Waals surface area contributed by atoms with Crippen molar-refractivity contribution in [1.29, 1.82) is 0 Å². The lowest BCUT2D eigenvalue weighted by atomic mass is 9.96. The van der Waals surface area contributed by atoms with Crippen molar-refractivity contribution < 1.29 is 9.53 Å². The van der Waals surface area contributed by atoms with Crippen LogP contribution >= 0.6 is 0 Å². The number of H-pyrrole nitrogens is 1. The zero-order valence-electron chi connectivity index (χ0n) is 14.2. The standard InChI is InChI=1S/C18H16N6O2/c1-8-5-9-7-21-22-12(9)6-11(8)10-3-4-13(26-2)14-15(19)17(18(20)25)24-23-16(10)14/h3-7H,1-2H3,(H2,19,23)(H2,20,25)(H,21,22). The molecular formula is C18H16N6O2. The van der Waals surface area contributed by atoms with E-state index >= 15 is 0 Å². The van der Waals surface area contributed by atoms with Crippen LogP contribution < -0.4 is 16.2 Å². The number of nitrogens with one attached hydrogen (secondary N) is 1. The summed E-state index contributed by atoms with van der Waals surface area (Å²) >= 11 is 0. The molecule has 8 nitrogen and oxygen atoms in total. The molecule has 2 aromatic heterocycles. The fourth-order valence-corrected chi connectivity index (χ4v) is 3.17. The van der Waals surface area contributed by atoms with E-state index in [9.17, 15) is 4.79 Å². The number of anilines is 1. The molecule has 8 heteroatoms. The monoisotopic (exact) mass is 348 g/mol. The van der Waals surface area contributed by atoms with Crippen molar-refractivity contribution in [2.75, 3.05) is 12.8 Å². The van der Waals surface area contributed by atoms with Crippen molar-refractivity contribution >= 4 is 33.4 Å². The number of fused-ring (bicyclic) bond motifs is 2. The average Bonchev–Trinajstić information content (AvgIpc) is 3.07. The van der Waals surface area contributed by atoms with E-state index in [-0.39, 0.29) is 11.4 Å². The average molecular weight is 348 g/mol. The molecule has 0 aliphatic rings. The van der Waals surface area contributed by atoms with Gasteiger partial charge in [0, 0.05) is 10.9 Å². The lowest BCUT2D eigenvalue weighted by molar-refractivity contribution is 0.0996. The Balaban J connectivity index is 2.08. The number of aromatic nitrogens is 4. The van der Waals surface area contributed by atoms with E-state index in [1.807, 2.05) is 25.1 Å². The minimum atomic E-state index is -0.737. The number of benzene rings is 2. The van der Waals surface area contributed by atoms with Gasteiger partial charge in [-0.05, 0) is 42.3 Å². The SMILES string of the molecule is COc1ccc(-c2cc3[nH]ncc3cc2C)c2nnc(C(N)=O)c(N)c12. The van der Waals surface area contributed by atoms with Crippen LogP contribution in [-0.2, 0) is 0 Å². The van der Waals surface area contributed by atoms with Crippen molar-refractivity contribution in [3.63, 3.8) is 0 Å². The number of nitrogen functional groups attached to an aromatic ring is 1. The number of amides is 1. The maximum Gasteiger partial charge on any atom is 0.271 e. The minimum Gasteiger partial charge on any atom is -0.496 e. The van der Waals surface area contributed by atoms with Crippen LogP contribution in [-0.4, -0.2) is 33.4 Å². The van der Waals surface area contributed by atoms with Crippen molar-refractivity contribution in [3.05, 3.63) is 41.7 Å². The molecule has 4 aromatic rings. The Hall–Kier alpha value is -3.68. The molecular weight excluding hydrogens is 332 g/mol. The van der Waals surface area contributed by atoms with E-state index in [0.717, 1.165) is 27.6 Å². The molecule has 1 amide bonds. The van der Waals surface area contributed by atoms with Crippen LogP contribution in [0.1, 0.15) is 16.1 Å². The number of rotatable bonds is 3. The Kier molecular flexibility index (Phi) is 3.47. The topological polar surface area (TPSA) is 133 Å². The van der Waals surface area contributed by atoms with Gasteiger partial charge in [0.05, 0.1) is 29.9 Å². The predicted octanol–water partition coefficient (Wildman–Crippen LogP) is 2.17. The number of primary amides is 1. The molecule has 0 bridgehead atoms. The van der Waals surface area contributed by atoms with Crippen LogP contribution in [0, 0.1) is 6.92 Å². The second kappa shape index (κ2) is 5.69. The van der Waals surface area contributed by atoms with Crippen molar-refractivity contribution in [3.8, 4) is 16.9 Å². The Morgan fingerprint density at radius 1 is 1.19 bits per heavy atom. The third kappa shape index (κ3) is 2.23. The van der Waals surface area contributed by atoms with Gasteiger partial charge in [-0.3, -0.25) is 9.89 Å². The maximum absolute atomic E-state index is 11.6. The highest BCUT2D eigenvalue weighted by Gasteiger charge is 2.19. The number of ether oxygens (including phenoxy) is 1. The summed E-state index contributed by atoms with van der Waals surface area (Å²) in [6, 6.07) is 7.72. The number of nitrogens with two attached hydrogens (primary N) is 2. The normalized spacial score (nSPS) is 11.2. The molecule has 0 radical (unpaired) electrons. The number of aryl methyl sites for hydroxylation is 1. The maximum atomic E-state index is 11.6. The first-order valence-electron chi connectivity index (χ1n) is 7.88. The Morgan fingerprint density at radius 2 is 2.00 bits per heavy atom. The molecule has 4 rings (SSSR count). The largest absolute Gasteiger partial charge is 0.496 e. The van der Waals surface area contributed by atoms with E-state index in [1.54, 1.807) is 12.3 Å². The fraction of sp³-hybridized carbons (Fsp3) is 0.111. The first-order chi connectivity index (χ1) is 12.5. The first kappa shape index (κ1) is 15.8. The summed E-state index contributed by atoms with van der Waals surface area (Å²) in [6.45, 7) is 2.01. The van der Waals surface area contributed by atoms with Gasteiger partial charge in [-0.2, -0.15) is 5.10 Å². The molecule has 0 aliphatic carbocycles. The van der Waals surface area contributed by atoms with Gasteiger partial charge in [0.25, 0.3) is 5.91 Å². The number of nitrogens with zero attached hydrogens (tertiary/aromatic N) is 3. The zero-order valence-corrected chi connectivity index (χ0v) is 14.2. The van der Waals surface area contributed by atoms with Crippen LogP contribution in [0.25, 0.3) is 32.9 Å². The van der Waals surface area contributed by atoms with Crippen molar-refractivity contribution in [1.82, 2.24) is 20.4 Å². The minimum absolute atomic E-state index is 0.0753. The molecule has 130 valence electrons. The van der Waals surface area contributed by atoms with Gasteiger partial charge in [-0.1, -0.05) is 0 Å². The highest BCUT2D eigenvalue weighted by atomic mass is 16.5. The Morgan fingerprint density at radius 3 is 2.73 bits per heavy atom. The Bertz CT molecular complexity index is 1180. The van der Waals surface area contributed by atoms with E-state index in [0.29, 0.717) is 16.7 Å². The van der Waals surface area contributed by atoms with Gasteiger partial charge in [0.15, 0.2) is 5.69 Å². The second-order valence-electron chi connectivity index (χ2n) is 5.99. The van der Waals surface area contributed by atoms with E-state index < -0.39 is 5.91 Å². The van der Waals surface area contributed by atoms with E-state index in [2.05, 4.69) is 20.4 Å². The summed E-state index contributed by atoms with van der Waals surface area (Å²) in [5.41, 5.74) is 15.8. The van der Waals surface area contributed by atoms with Crippen LogP contribution in [0.2, 0.25) is 0 Å². The van der Waals surface area contributed by atoms with Crippen LogP contribution in [0.4, 0.5) is 5.69 Å². The molecule has 0 spiro atoms. The molecule has 2 heterocycles. The van der Waals surface area contributed by atoms with Crippen molar-refractivity contribution in [2.24, 2.45) is 5.73 Å². The van der Waals surface area contributed by atoms with Gasteiger partial charge in [0.1, 0.15) is 11.3 Å². The number of carbonyl (C=O) groups is 1. The third-order valence-electron chi connectivity index (χ3n) is 4.44. The number of hydrogen-bond donors (Lipinski definition) is 3. The summed E-state index contributed by atoms with van der Waals surface area (Å²) in [5, 5.41) is 16.7. The van der Waals surface area contributed by atoms with Gasteiger partial charge in [-0.15, -0.1) is 10.2 Å². The van der Waals surface area contributed by atoms with E-state index in [1.165, 1.54) is 7.11 Å². The molecule has 0 atom stereocenters. The Labute approximate surface area is 148 Å². The molecule has 2 aromatic carbocycles. The summed E-state index contributed by atoms with van der Waals surface area (Å²) in [7, 11) is 1.53. The highest BCUT2D eigenvalue weighted by molar-refractivity contribution is 6.10. The quantitative estimate of drug-likeness (QED) is 0.519. The van der Waals surface area contributed by atoms with E-state index in [4.69, 9.17) is 16.2 Å². The van der Waals surface area contributed by atoms with Crippen LogP contribution in [0.3, 0.4) is 0 Å². The van der Waals surface area contributed by atoms with Gasteiger partial charge in [-0.25, -0.2) is 0 Å². The lowest BCUT2D eigenvalue weighted by Crippen LogP contribution is -2.17. The molecule has 0 saturated carbocycles. The molecule has 0 fully saturated rings. The third-order valence-corrected chi connectivity index (χ3v) is 4.44. The van der Waals surface area contributed by atoms with Gasteiger partial charge in [0.2, 0.25) is 0 Å². The summed E-state index contributed by atoms with van der Waals surface area (Å²) in [4.78, 5) is 11.6. The number of carbonyl (C=O) groups excluding carboxylic acids is 1. The summed E-state index contributed by atoms with van der Waals surface area (Å²) < 4.78 is 5.41. The summed E-state index contributed by atoms with van der Waals surface area (Å²) in [5.74, 6) is -0.238. The highest BCUT2D eigenvalue weighted by Crippen LogP contribution is 2.38. The molecule has 0 unspecified atom stereocenters. The number of methoxy groups -OCH3 is 1. The van der Waals surface area contributed by atoms with Crippen molar-refractivity contribution in [2.45, 2.75) is 6.92 Å². The second-order valence-corrected chi connectivity index (χ2v) is 5.99.